The van der Waals surface area contributed by atoms with Crippen molar-refractivity contribution in [3.8, 4) is 0 Å². The second kappa shape index (κ2) is 5.34. The molecule has 0 radical (unpaired) electrons. The van der Waals surface area contributed by atoms with Crippen LogP contribution in [0.4, 0.5) is 4.79 Å². The highest BCUT2D eigenvalue weighted by molar-refractivity contribution is 7.80. The van der Waals surface area contributed by atoms with Crippen LogP contribution in [0, 0.1) is 0 Å². The Labute approximate surface area is 84.6 Å². The number of hydrogen-bond acceptors (Lipinski definition) is 4. The molecule has 4 nitrogen and oxygen atoms in total. The molecule has 0 saturated carbocycles. The van der Waals surface area contributed by atoms with Crippen molar-refractivity contribution in [2.45, 2.75) is 32.4 Å². The van der Waals surface area contributed by atoms with E-state index in [9.17, 15) is 4.79 Å². The first-order valence-corrected chi connectivity index (χ1v) is 4.81. The van der Waals surface area contributed by atoms with Crippen LogP contribution in [-0.2, 0) is 4.74 Å². The third kappa shape index (κ3) is 7.93. The average molecular weight is 206 g/mol. The van der Waals surface area contributed by atoms with Crippen molar-refractivity contribution in [1.82, 2.24) is 5.32 Å². The average Bonchev–Trinajstić information content (AvgIpc) is 1.97. The summed E-state index contributed by atoms with van der Waals surface area (Å²) in [5.74, 6) is 0.537. The normalized spacial score (nSPS) is 13.6. The number of nitrogens with one attached hydrogen (secondary N) is 1. The van der Waals surface area contributed by atoms with Crippen molar-refractivity contribution in [2.75, 3.05) is 12.3 Å². The Kier molecular flexibility index (Phi) is 5.17. The SMILES string of the molecule is CC(C)(C)OC(=O)NC[C@@H](N)CS. The second-order valence-corrected chi connectivity index (χ2v) is 4.19. The number of carbonyl (C=O) groups excluding carboxylic acids is 1. The molecule has 78 valence electrons. The standard InChI is InChI=1S/C8H18N2O2S/c1-8(2,3)12-7(11)10-4-6(9)5-13/h6,13H,4-5,9H2,1-3H3,(H,10,11)/t6-/m1/s1. The molecule has 1 atom stereocenters. The first kappa shape index (κ1) is 12.6. The van der Waals surface area contributed by atoms with Gasteiger partial charge in [0.05, 0.1) is 0 Å². The fourth-order valence-corrected chi connectivity index (χ4v) is 0.722. The van der Waals surface area contributed by atoms with Gasteiger partial charge in [-0.2, -0.15) is 12.6 Å². The summed E-state index contributed by atoms with van der Waals surface area (Å²) in [4.78, 5) is 11.1. The molecule has 13 heavy (non-hydrogen) atoms. The molecule has 5 heteroatoms. The molecule has 0 aromatic heterocycles. The molecule has 0 unspecified atom stereocenters. The number of carbonyl (C=O) groups is 1. The smallest absolute Gasteiger partial charge is 0.407 e. The van der Waals surface area contributed by atoms with Crippen LogP contribution in [0.3, 0.4) is 0 Å². The van der Waals surface area contributed by atoms with Crippen molar-refractivity contribution in [3.05, 3.63) is 0 Å². The van der Waals surface area contributed by atoms with Crippen LogP contribution in [0.5, 0.6) is 0 Å². The molecule has 3 N–H and O–H groups in total. The summed E-state index contributed by atoms with van der Waals surface area (Å²) in [6.07, 6.45) is -0.440. The zero-order valence-corrected chi connectivity index (χ0v) is 9.23. The number of thiol groups is 1. The van der Waals surface area contributed by atoms with Crippen LogP contribution in [0.25, 0.3) is 0 Å². The molecular formula is C8H18N2O2S. The lowest BCUT2D eigenvalue weighted by atomic mass is 10.2. The predicted octanol–water partition coefficient (Wildman–Crippen LogP) is 0.768. The fraction of sp³-hybridized carbons (Fsp3) is 0.875. The number of ether oxygens (including phenoxy) is 1. The minimum Gasteiger partial charge on any atom is -0.444 e. The molecule has 0 saturated heterocycles. The number of rotatable bonds is 3. The first-order valence-electron chi connectivity index (χ1n) is 4.18. The molecule has 0 aromatic carbocycles. The number of nitrogens with two attached hydrogens (primary N) is 1. The van der Waals surface area contributed by atoms with Gasteiger partial charge in [0.2, 0.25) is 0 Å². The highest BCUT2D eigenvalue weighted by Gasteiger charge is 2.15. The minimum absolute atomic E-state index is 0.129. The number of hydrogen-bond donors (Lipinski definition) is 3. The molecule has 0 spiro atoms. The Bertz CT molecular complexity index is 168. The monoisotopic (exact) mass is 206 g/mol. The van der Waals surface area contributed by atoms with Gasteiger partial charge in [0.25, 0.3) is 0 Å². The molecule has 0 aliphatic heterocycles. The minimum atomic E-state index is -0.463. The topological polar surface area (TPSA) is 64.3 Å². The summed E-state index contributed by atoms with van der Waals surface area (Å²) in [6.45, 7) is 5.82. The Hall–Kier alpha value is -0.420. The van der Waals surface area contributed by atoms with E-state index < -0.39 is 11.7 Å². The first-order chi connectivity index (χ1) is 5.85. The van der Waals surface area contributed by atoms with Crippen molar-refractivity contribution >= 4 is 18.7 Å². The Morgan fingerprint density at radius 2 is 2.15 bits per heavy atom. The number of amides is 1. The largest absolute Gasteiger partial charge is 0.444 e. The maximum atomic E-state index is 11.1. The van der Waals surface area contributed by atoms with Crippen LogP contribution in [-0.4, -0.2) is 30.0 Å². The van der Waals surface area contributed by atoms with E-state index in [1.165, 1.54) is 0 Å². The van der Waals surface area contributed by atoms with Gasteiger partial charge < -0.3 is 15.8 Å². The van der Waals surface area contributed by atoms with Gasteiger partial charge in [-0.3, -0.25) is 0 Å². The van der Waals surface area contributed by atoms with E-state index in [1.54, 1.807) is 0 Å². The van der Waals surface area contributed by atoms with Gasteiger partial charge in [-0.1, -0.05) is 0 Å². The fourth-order valence-electron chi connectivity index (χ4n) is 0.593. The van der Waals surface area contributed by atoms with Crippen LogP contribution in [0.2, 0.25) is 0 Å². The maximum absolute atomic E-state index is 11.1. The van der Waals surface area contributed by atoms with Crippen LogP contribution < -0.4 is 11.1 Å². The van der Waals surface area contributed by atoms with Gasteiger partial charge >= 0.3 is 6.09 Å². The summed E-state index contributed by atoms with van der Waals surface area (Å²) < 4.78 is 5.00. The lowest BCUT2D eigenvalue weighted by molar-refractivity contribution is 0.0525. The van der Waals surface area contributed by atoms with Gasteiger partial charge in [0.1, 0.15) is 5.60 Å². The van der Waals surface area contributed by atoms with Crippen molar-refractivity contribution in [2.24, 2.45) is 5.73 Å². The molecule has 0 aromatic rings. The maximum Gasteiger partial charge on any atom is 0.407 e. The van der Waals surface area contributed by atoms with Crippen LogP contribution >= 0.6 is 12.6 Å². The Balaban J connectivity index is 3.64. The van der Waals surface area contributed by atoms with Crippen molar-refractivity contribution in [3.63, 3.8) is 0 Å². The molecular weight excluding hydrogens is 188 g/mol. The molecule has 0 bridgehead atoms. The van der Waals surface area contributed by atoms with E-state index >= 15 is 0 Å². The Morgan fingerprint density at radius 3 is 2.54 bits per heavy atom. The Morgan fingerprint density at radius 1 is 1.62 bits per heavy atom. The van der Waals surface area contributed by atoms with E-state index in [1.807, 2.05) is 20.8 Å². The molecule has 0 fully saturated rings. The molecule has 0 heterocycles. The van der Waals surface area contributed by atoms with Crippen LogP contribution in [0.1, 0.15) is 20.8 Å². The van der Waals surface area contributed by atoms with E-state index in [0.717, 1.165) is 0 Å². The third-order valence-electron chi connectivity index (χ3n) is 1.14. The van der Waals surface area contributed by atoms with Gasteiger partial charge in [-0.25, -0.2) is 4.79 Å². The summed E-state index contributed by atoms with van der Waals surface area (Å²) in [6, 6.07) is -0.129. The summed E-state index contributed by atoms with van der Waals surface area (Å²) >= 11 is 3.99. The van der Waals surface area contributed by atoms with Crippen molar-refractivity contribution in [1.29, 1.82) is 0 Å². The molecule has 0 rings (SSSR count). The lowest BCUT2D eigenvalue weighted by Crippen LogP contribution is -2.40. The van der Waals surface area contributed by atoms with E-state index in [2.05, 4.69) is 17.9 Å². The van der Waals surface area contributed by atoms with E-state index in [0.29, 0.717) is 12.3 Å². The van der Waals surface area contributed by atoms with Crippen molar-refractivity contribution < 1.29 is 9.53 Å². The second-order valence-electron chi connectivity index (χ2n) is 3.83. The highest BCUT2D eigenvalue weighted by Crippen LogP contribution is 2.06. The predicted molar refractivity (Wildman–Crippen MR) is 56.1 cm³/mol. The number of alkyl carbamates (subject to hydrolysis) is 1. The third-order valence-corrected chi connectivity index (χ3v) is 1.61. The summed E-state index contributed by atoms with van der Waals surface area (Å²) in [5.41, 5.74) is 5.08. The molecule has 1 amide bonds. The van der Waals surface area contributed by atoms with Gasteiger partial charge in [0.15, 0.2) is 0 Å². The van der Waals surface area contributed by atoms with Gasteiger partial charge in [-0.15, -0.1) is 0 Å². The molecule has 0 aliphatic rings. The highest BCUT2D eigenvalue weighted by atomic mass is 32.1. The van der Waals surface area contributed by atoms with Crippen LogP contribution in [0.15, 0.2) is 0 Å². The summed E-state index contributed by atoms with van der Waals surface area (Å²) in [5, 5.41) is 2.55. The molecule has 0 aliphatic carbocycles. The quantitative estimate of drug-likeness (QED) is 0.598. The summed E-state index contributed by atoms with van der Waals surface area (Å²) in [7, 11) is 0. The van der Waals surface area contributed by atoms with Gasteiger partial charge in [-0.05, 0) is 20.8 Å². The zero-order valence-electron chi connectivity index (χ0n) is 8.33. The van der Waals surface area contributed by atoms with Gasteiger partial charge in [0, 0.05) is 18.3 Å². The van der Waals surface area contributed by atoms with E-state index in [-0.39, 0.29) is 6.04 Å². The van der Waals surface area contributed by atoms with E-state index in [4.69, 9.17) is 10.5 Å². The lowest BCUT2D eigenvalue weighted by Gasteiger charge is -2.20. The zero-order chi connectivity index (χ0) is 10.5.